The minimum Gasteiger partial charge on any atom is -0.360 e. The third-order valence-corrected chi connectivity index (χ3v) is 4.42. The summed E-state index contributed by atoms with van der Waals surface area (Å²) in [5.41, 5.74) is 2.41. The lowest BCUT2D eigenvalue weighted by Crippen LogP contribution is -2.20. The van der Waals surface area contributed by atoms with Crippen molar-refractivity contribution in [2.24, 2.45) is 0 Å². The van der Waals surface area contributed by atoms with E-state index < -0.39 is 0 Å². The lowest BCUT2D eigenvalue weighted by Gasteiger charge is -2.10. The zero-order valence-electron chi connectivity index (χ0n) is 10.3. The Morgan fingerprint density at radius 1 is 1.44 bits per heavy atom. The number of hydrogen-bond acceptors (Lipinski definition) is 4. The van der Waals surface area contributed by atoms with E-state index in [-0.39, 0.29) is 0 Å². The number of fused-ring (bicyclic) bond motifs is 1. The molecule has 0 spiro atoms. The molecule has 1 aliphatic heterocycles. The molecule has 18 heavy (non-hydrogen) atoms. The van der Waals surface area contributed by atoms with E-state index in [1.807, 2.05) is 24.8 Å². The van der Waals surface area contributed by atoms with Gasteiger partial charge in [0.1, 0.15) is 0 Å². The van der Waals surface area contributed by atoms with Crippen LogP contribution in [0.15, 0.2) is 39.8 Å². The molecule has 2 heterocycles. The van der Waals surface area contributed by atoms with Gasteiger partial charge in [-0.15, -0.1) is 11.8 Å². The summed E-state index contributed by atoms with van der Waals surface area (Å²) < 4.78 is 5.18. The molecule has 0 saturated heterocycles. The molecule has 94 valence electrons. The van der Waals surface area contributed by atoms with Gasteiger partial charge in [0.15, 0.2) is 5.76 Å². The van der Waals surface area contributed by atoms with Crippen LogP contribution in [-0.2, 0) is 6.54 Å². The van der Waals surface area contributed by atoms with Gasteiger partial charge in [0.2, 0.25) is 0 Å². The second-order valence-electron chi connectivity index (χ2n) is 4.61. The predicted molar refractivity (Wildman–Crippen MR) is 72.9 cm³/mol. The molecule has 1 aromatic carbocycles. The Morgan fingerprint density at radius 3 is 3.17 bits per heavy atom. The summed E-state index contributed by atoms with van der Waals surface area (Å²) in [6.45, 7) is 3.69. The normalized spacial score (nSPS) is 17.9. The molecule has 1 atom stereocenters. The van der Waals surface area contributed by atoms with Gasteiger partial charge >= 0.3 is 0 Å². The average molecular weight is 260 g/mol. The number of aryl methyl sites for hydroxylation is 1. The Labute approximate surface area is 111 Å². The van der Waals surface area contributed by atoms with Crippen molar-refractivity contribution < 1.29 is 4.52 Å². The third kappa shape index (κ3) is 2.44. The van der Waals surface area contributed by atoms with Crippen LogP contribution in [0.4, 0.5) is 0 Å². The first-order valence-electron chi connectivity index (χ1n) is 6.17. The van der Waals surface area contributed by atoms with Crippen molar-refractivity contribution in [1.29, 1.82) is 0 Å². The van der Waals surface area contributed by atoms with Gasteiger partial charge in [0.25, 0.3) is 0 Å². The molecule has 3 rings (SSSR count). The van der Waals surface area contributed by atoms with Crippen molar-refractivity contribution in [3.63, 3.8) is 0 Å². The molecule has 0 saturated carbocycles. The van der Waals surface area contributed by atoms with Crippen molar-refractivity contribution in [2.75, 3.05) is 12.3 Å². The van der Waals surface area contributed by atoms with E-state index in [0.29, 0.717) is 5.92 Å². The molecular formula is C14H16N2OS. The SMILES string of the molecule is Cc1cc(CNCC2CSc3ccccc32)on1. The minimum atomic E-state index is 0.607. The monoisotopic (exact) mass is 260 g/mol. The lowest BCUT2D eigenvalue weighted by molar-refractivity contribution is 0.368. The highest BCUT2D eigenvalue weighted by molar-refractivity contribution is 7.99. The fraction of sp³-hybridized carbons (Fsp3) is 0.357. The van der Waals surface area contributed by atoms with Gasteiger partial charge in [-0.25, -0.2) is 0 Å². The van der Waals surface area contributed by atoms with Gasteiger partial charge in [0.05, 0.1) is 12.2 Å². The van der Waals surface area contributed by atoms with Crippen molar-refractivity contribution in [1.82, 2.24) is 10.5 Å². The molecule has 0 fully saturated rings. The van der Waals surface area contributed by atoms with Crippen molar-refractivity contribution in [3.8, 4) is 0 Å². The molecule has 0 aliphatic carbocycles. The zero-order valence-corrected chi connectivity index (χ0v) is 11.2. The second-order valence-corrected chi connectivity index (χ2v) is 5.67. The summed E-state index contributed by atoms with van der Waals surface area (Å²) in [6.07, 6.45) is 0. The number of thioether (sulfide) groups is 1. The van der Waals surface area contributed by atoms with Crippen LogP contribution in [0.1, 0.15) is 22.9 Å². The summed E-state index contributed by atoms with van der Waals surface area (Å²) in [5, 5.41) is 7.33. The molecule has 1 unspecified atom stereocenters. The number of nitrogens with one attached hydrogen (secondary N) is 1. The standard InChI is InChI=1S/C14H16N2OS/c1-10-6-12(17-16-10)8-15-7-11-9-18-14-5-3-2-4-13(11)14/h2-6,11,15H,7-9H2,1H3. The summed E-state index contributed by atoms with van der Waals surface area (Å²) >= 11 is 1.95. The van der Waals surface area contributed by atoms with Gasteiger partial charge in [0, 0.05) is 29.2 Å². The first kappa shape index (κ1) is 11.8. The molecule has 1 N–H and O–H groups in total. The van der Waals surface area contributed by atoms with Crippen LogP contribution in [0, 0.1) is 6.92 Å². The maximum atomic E-state index is 5.18. The van der Waals surface area contributed by atoms with Gasteiger partial charge in [-0.05, 0) is 18.6 Å². The highest BCUT2D eigenvalue weighted by Gasteiger charge is 2.22. The van der Waals surface area contributed by atoms with Crippen LogP contribution in [0.5, 0.6) is 0 Å². The van der Waals surface area contributed by atoms with Crippen LogP contribution >= 0.6 is 11.8 Å². The van der Waals surface area contributed by atoms with Gasteiger partial charge < -0.3 is 9.84 Å². The topological polar surface area (TPSA) is 38.1 Å². The highest BCUT2D eigenvalue weighted by Crippen LogP contribution is 2.38. The smallest absolute Gasteiger partial charge is 0.150 e. The summed E-state index contributed by atoms with van der Waals surface area (Å²) in [7, 11) is 0. The Kier molecular flexibility index (Phi) is 3.39. The molecule has 3 nitrogen and oxygen atoms in total. The quantitative estimate of drug-likeness (QED) is 0.917. The average Bonchev–Trinajstić information content (AvgIpc) is 2.97. The molecular weight excluding hydrogens is 244 g/mol. The first-order valence-corrected chi connectivity index (χ1v) is 7.16. The van der Waals surface area contributed by atoms with Crippen LogP contribution in [0.3, 0.4) is 0 Å². The highest BCUT2D eigenvalue weighted by atomic mass is 32.2. The second kappa shape index (κ2) is 5.16. The fourth-order valence-corrected chi connectivity index (χ4v) is 3.52. The van der Waals surface area contributed by atoms with E-state index >= 15 is 0 Å². The number of nitrogens with zero attached hydrogens (tertiary/aromatic N) is 1. The predicted octanol–water partition coefficient (Wildman–Crippen LogP) is 2.96. The van der Waals surface area contributed by atoms with Crippen molar-refractivity contribution in [2.45, 2.75) is 24.3 Å². The number of hydrogen-bond donors (Lipinski definition) is 1. The maximum absolute atomic E-state index is 5.18. The lowest BCUT2D eigenvalue weighted by atomic mass is 10.0. The molecule has 2 aromatic rings. The number of aromatic nitrogens is 1. The largest absolute Gasteiger partial charge is 0.360 e. The van der Waals surface area contributed by atoms with E-state index in [4.69, 9.17) is 4.52 Å². The Hall–Kier alpha value is -1.26. The van der Waals surface area contributed by atoms with Crippen molar-refractivity contribution >= 4 is 11.8 Å². The summed E-state index contributed by atoms with van der Waals surface area (Å²) in [6, 6.07) is 10.7. The van der Waals surface area contributed by atoms with Crippen LogP contribution in [0.2, 0.25) is 0 Å². The van der Waals surface area contributed by atoms with E-state index in [1.54, 1.807) is 0 Å². The van der Waals surface area contributed by atoms with E-state index in [2.05, 4.69) is 34.7 Å². The molecule has 1 aliphatic rings. The first-order chi connectivity index (χ1) is 8.83. The number of rotatable bonds is 4. The Balaban J connectivity index is 1.56. The fourth-order valence-electron chi connectivity index (χ4n) is 2.27. The Bertz CT molecular complexity index is 538. The molecule has 0 radical (unpaired) electrons. The van der Waals surface area contributed by atoms with Crippen LogP contribution < -0.4 is 5.32 Å². The molecule has 1 aromatic heterocycles. The maximum Gasteiger partial charge on any atom is 0.150 e. The van der Waals surface area contributed by atoms with Gasteiger partial charge in [-0.1, -0.05) is 23.4 Å². The third-order valence-electron chi connectivity index (χ3n) is 3.17. The summed E-state index contributed by atoms with van der Waals surface area (Å²) in [4.78, 5) is 1.43. The van der Waals surface area contributed by atoms with E-state index in [1.165, 1.54) is 16.2 Å². The van der Waals surface area contributed by atoms with E-state index in [9.17, 15) is 0 Å². The Morgan fingerprint density at radius 2 is 2.33 bits per heavy atom. The molecule has 0 amide bonds. The molecule has 4 heteroatoms. The van der Waals surface area contributed by atoms with E-state index in [0.717, 1.165) is 24.5 Å². The van der Waals surface area contributed by atoms with Gasteiger partial charge in [-0.2, -0.15) is 0 Å². The van der Waals surface area contributed by atoms with Gasteiger partial charge in [-0.3, -0.25) is 0 Å². The van der Waals surface area contributed by atoms with Crippen LogP contribution in [-0.4, -0.2) is 17.5 Å². The summed E-state index contributed by atoms with van der Waals surface area (Å²) in [5.74, 6) is 2.68. The van der Waals surface area contributed by atoms with Crippen LogP contribution in [0.25, 0.3) is 0 Å². The number of benzene rings is 1. The minimum absolute atomic E-state index is 0.607. The molecule has 0 bridgehead atoms. The van der Waals surface area contributed by atoms with Crippen molar-refractivity contribution in [3.05, 3.63) is 47.3 Å². The zero-order chi connectivity index (χ0) is 12.4.